The highest BCUT2D eigenvalue weighted by Crippen LogP contribution is 2.45. The number of likely N-dealkylation sites (tertiary alicyclic amines) is 1. The Labute approximate surface area is 175 Å². The Kier molecular flexibility index (Phi) is 4.85. The molecule has 5 rings (SSSR count). The van der Waals surface area contributed by atoms with Gasteiger partial charge in [-0.2, -0.15) is 0 Å². The predicted molar refractivity (Wildman–Crippen MR) is 110 cm³/mol. The van der Waals surface area contributed by atoms with Crippen molar-refractivity contribution >= 4 is 12.2 Å². The molecule has 0 aromatic heterocycles. The number of fused-ring (bicyclic) bond motifs is 4. The molecule has 3 atom stereocenters. The minimum Gasteiger partial charge on any atom is -0.450 e. The molecule has 2 aromatic rings. The van der Waals surface area contributed by atoms with Gasteiger partial charge in [-0.15, -0.1) is 0 Å². The van der Waals surface area contributed by atoms with Crippen molar-refractivity contribution in [3.8, 4) is 11.1 Å². The van der Waals surface area contributed by atoms with Crippen LogP contribution in [0.5, 0.6) is 0 Å². The highest BCUT2D eigenvalue weighted by Gasteiger charge is 2.47. The topological polar surface area (TPSA) is 76.1 Å². The molecule has 2 fully saturated rings. The number of ether oxygens (including phenoxy) is 2. The maximum atomic E-state index is 13.1. The molecular formula is C24H25NO5. The molecule has 2 aliphatic carbocycles. The minimum atomic E-state index is -1.35. The Bertz CT molecular complexity index is 928. The number of hydrogen-bond acceptors (Lipinski definition) is 4. The average Bonchev–Trinajstić information content (AvgIpc) is 3.27. The first-order valence-corrected chi connectivity index (χ1v) is 10.7. The van der Waals surface area contributed by atoms with Crippen LogP contribution in [0.15, 0.2) is 48.5 Å². The lowest BCUT2D eigenvalue weighted by Gasteiger charge is -2.32. The Hall–Kier alpha value is -3.02. The van der Waals surface area contributed by atoms with Crippen molar-refractivity contribution in [3.05, 3.63) is 59.7 Å². The fourth-order valence-corrected chi connectivity index (χ4v) is 5.56. The van der Waals surface area contributed by atoms with E-state index in [-0.39, 0.29) is 24.5 Å². The lowest BCUT2D eigenvalue weighted by Crippen LogP contribution is -2.45. The lowest BCUT2D eigenvalue weighted by molar-refractivity contribution is -0.0252. The van der Waals surface area contributed by atoms with Gasteiger partial charge in [-0.25, -0.2) is 9.59 Å². The Balaban J connectivity index is 1.36. The SMILES string of the molecule is O=C(O)OC1CC2CCCCC2N1C(=O)OCC1c2ccccc2-c2ccccc21. The maximum absolute atomic E-state index is 13.1. The van der Waals surface area contributed by atoms with E-state index in [1.807, 2.05) is 24.3 Å². The third-order valence-electron chi connectivity index (χ3n) is 6.82. The number of rotatable bonds is 3. The van der Waals surface area contributed by atoms with E-state index in [4.69, 9.17) is 14.6 Å². The molecule has 1 amide bonds. The number of carbonyl (C=O) groups excluding carboxylic acids is 1. The predicted octanol–water partition coefficient (Wildman–Crippen LogP) is 5.22. The minimum absolute atomic E-state index is 0.00116. The van der Waals surface area contributed by atoms with Crippen LogP contribution in [0.4, 0.5) is 9.59 Å². The molecular weight excluding hydrogens is 382 g/mol. The van der Waals surface area contributed by atoms with Gasteiger partial charge in [0.25, 0.3) is 0 Å². The molecule has 6 heteroatoms. The van der Waals surface area contributed by atoms with Crippen molar-refractivity contribution in [1.29, 1.82) is 0 Å². The second-order valence-electron chi connectivity index (χ2n) is 8.40. The number of benzene rings is 2. The summed E-state index contributed by atoms with van der Waals surface area (Å²) in [5.74, 6) is 0.258. The average molecular weight is 407 g/mol. The highest BCUT2D eigenvalue weighted by atomic mass is 16.7. The van der Waals surface area contributed by atoms with E-state index >= 15 is 0 Å². The number of nitrogens with zero attached hydrogens (tertiary/aromatic N) is 1. The zero-order valence-electron chi connectivity index (χ0n) is 16.7. The van der Waals surface area contributed by atoms with Crippen molar-refractivity contribution in [2.75, 3.05) is 6.61 Å². The first-order valence-electron chi connectivity index (χ1n) is 10.7. The van der Waals surface area contributed by atoms with E-state index in [2.05, 4.69) is 24.3 Å². The first kappa shape index (κ1) is 19.0. The maximum Gasteiger partial charge on any atom is 0.507 e. The standard InChI is InChI=1S/C24H25NO5/c26-23(25-21-12-6-1-7-15(21)13-22(25)30-24(27)28)29-14-20-18-10-4-2-8-16(18)17-9-3-5-11-19(17)20/h2-5,8-11,15,20-22H,1,6-7,12-14H2,(H,27,28). The van der Waals surface area contributed by atoms with Gasteiger partial charge in [-0.05, 0) is 41.0 Å². The quantitative estimate of drug-likeness (QED) is 0.706. The van der Waals surface area contributed by atoms with Crippen LogP contribution < -0.4 is 0 Å². The van der Waals surface area contributed by atoms with Crippen LogP contribution in [-0.4, -0.2) is 41.1 Å². The van der Waals surface area contributed by atoms with Crippen molar-refractivity contribution in [1.82, 2.24) is 4.90 Å². The Morgan fingerprint density at radius 3 is 2.27 bits per heavy atom. The van der Waals surface area contributed by atoms with Crippen molar-refractivity contribution in [2.24, 2.45) is 5.92 Å². The molecule has 30 heavy (non-hydrogen) atoms. The smallest absolute Gasteiger partial charge is 0.450 e. The van der Waals surface area contributed by atoms with Crippen LogP contribution in [-0.2, 0) is 9.47 Å². The molecule has 1 heterocycles. The molecule has 156 valence electrons. The summed E-state index contributed by atoms with van der Waals surface area (Å²) >= 11 is 0. The van der Waals surface area contributed by atoms with Gasteiger partial charge in [0.2, 0.25) is 0 Å². The summed E-state index contributed by atoms with van der Waals surface area (Å²) in [7, 11) is 0. The molecule has 1 aliphatic heterocycles. The molecule has 2 aromatic carbocycles. The van der Waals surface area contributed by atoms with E-state index in [1.165, 1.54) is 11.1 Å². The summed E-state index contributed by atoms with van der Waals surface area (Å²) < 4.78 is 10.9. The van der Waals surface area contributed by atoms with Crippen LogP contribution in [0.25, 0.3) is 11.1 Å². The van der Waals surface area contributed by atoms with Crippen molar-refractivity contribution < 1.29 is 24.2 Å². The monoisotopic (exact) mass is 407 g/mol. The lowest BCUT2D eigenvalue weighted by atomic mass is 9.85. The zero-order valence-corrected chi connectivity index (χ0v) is 16.7. The summed E-state index contributed by atoms with van der Waals surface area (Å²) in [6, 6.07) is 16.4. The number of amides is 1. The molecule has 3 unspecified atom stereocenters. The fraction of sp³-hybridized carbons (Fsp3) is 0.417. The van der Waals surface area contributed by atoms with Crippen LogP contribution in [0, 0.1) is 5.92 Å². The van der Waals surface area contributed by atoms with E-state index < -0.39 is 18.5 Å². The van der Waals surface area contributed by atoms with Gasteiger partial charge >= 0.3 is 12.2 Å². The normalized spacial score (nSPS) is 24.7. The van der Waals surface area contributed by atoms with Gasteiger partial charge in [0.1, 0.15) is 6.61 Å². The summed E-state index contributed by atoms with van der Waals surface area (Å²) in [6.45, 7) is 0.223. The van der Waals surface area contributed by atoms with Gasteiger partial charge in [-0.3, -0.25) is 4.90 Å². The van der Waals surface area contributed by atoms with E-state index in [0.29, 0.717) is 6.42 Å². The molecule has 6 nitrogen and oxygen atoms in total. The van der Waals surface area contributed by atoms with Gasteiger partial charge in [0.15, 0.2) is 6.23 Å². The van der Waals surface area contributed by atoms with E-state index in [0.717, 1.165) is 36.8 Å². The van der Waals surface area contributed by atoms with E-state index in [1.54, 1.807) is 4.90 Å². The van der Waals surface area contributed by atoms with Gasteiger partial charge in [0.05, 0.1) is 0 Å². The number of carboxylic acid groups (broad SMARTS) is 1. The molecule has 1 N–H and O–H groups in total. The molecule has 0 bridgehead atoms. The third-order valence-corrected chi connectivity index (χ3v) is 6.82. The third kappa shape index (κ3) is 3.20. The van der Waals surface area contributed by atoms with Crippen LogP contribution in [0.2, 0.25) is 0 Å². The van der Waals surface area contributed by atoms with Gasteiger partial charge in [-0.1, -0.05) is 61.4 Å². The second-order valence-corrected chi connectivity index (χ2v) is 8.40. The zero-order chi connectivity index (χ0) is 20.7. The van der Waals surface area contributed by atoms with Gasteiger partial charge < -0.3 is 14.6 Å². The van der Waals surface area contributed by atoms with Crippen molar-refractivity contribution in [3.63, 3.8) is 0 Å². The molecule has 0 radical (unpaired) electrons. The van der Waals surface area contributed by atoms with Crippen molar-refractivity contribution in [2.45, 2.75) is 50.3 Å². The van der Waals surface area contributed by atoms with Crippen LogP contribution in [0.1, 0.15) is 49.1 Å². The summed E-state index contributed by atoms with van der Waals surface area (Å²) in [4.78, 5) is 25.8. The largest absolute Gasteiger partial charge is 0.507 e. The Morgan fingerprint density at radius 1 is 0.967 bits per heavy atom. The number of carbonyl (C=O) groups is 2. The van der Waals surface area contributed by atoms with E-state index in [9.17, 15) is 9.59 Å². The summed E-state index contributed by atoms with van der Waals surface area (Å²) in [5, 5.41) is 9.13. The first-order chi connectivity index (χ1) is 14.6. The summed E-state index contributed by atoms with van der Waals surface area (Å²) in [5.41, 5.74) is 4.66. The number of hydrogen-bond donors (Lipinski definition) is 1. The molecule has 1 saturated heterocycles. The van der Waals surface area contributed by atoms with Crippen LogP contribution in [0.3, 0.4) is 0 Å². The summed E-state index contributed by atoms with van der Waals surface area (Å²) in [6.07, 6.45) is 1.99. The Morgan fingerprint density at radius 2 is 1.60 bits per heavy atom. The molecule has 0 spiro atoms. The van der Waals surface area contributed by atoms with Gasteiger partial charge in [0, 0.05) is 18.4 Å². The second kappa shape index (κ2) is 7.67. The fourth-order valence-electron chi connectivity index (χ4n) is 5.56. The van der Waals surface area contributed by atoms with Crippen LogP contribution >= 0.6 is 0 Å². The molecule has 3 aliphatic rings. The highest BCUT2D eigenvalue weighted by molar-refractivity contribution is 5.79. The molecule has 1 saturated carbocycles.